The molecule has 0 aliphatic carbocycles. The third-order valence-electron chi connectivity index (χ3n) is 4.91. The minimum atomic E-state index is -0.584. The predicted octanol–water partition coefficient (Wildman–Crippen LogP) is 3.62. The molecule has 3 aromatic rings. The molecule has 0 radical (unpaired) electrons. The first kappa shape index (κ1) is 20.3. The lowest BCUT2D eigenvalue weighted by Crippen LogP contribution is -2.50. The molecule has 0 unspecified atom stereocenters. The zero-order chi connectivity index (χ0) is 20.5. The number of hydrogen-bond donors (Lipinski definition) is 1. The number of likely N-dealkylation sites (N-methyl/N-ethyl adjacent to an activating group) is 1. The van der Waals surface area contributed by atoms with Crippen LogP contribution in [-0.4, -0.2) is 29.8 Å². The van der Waals surface area contributed by atoms with Crippen LogP contribution in [0.1, 0.15) is 16.7 Å². The van der Waals surface area contributed by atoms with E-state index in [4.69, 9.17) is 0 Å². The maximum atomic E-state index is 13.3. The van der Waals surface area contributed by atoms with Gasteiger partial charge in [0.2, 0.25) is 11.8 Å². The lowest BCUT2D eigenvalue weighted by molar-refractivity contribution is -0.140. The van der Waals surface area contributed by atoms with Gasteiger partial charge in [0.15, 0.2) is 0 Å². The summed E-state index contributed by atoms with van der Waals surface area (Å²) in [4.78, 5) is 27.8. The van der Waals surface area contributed by atoms with Crippen LogP contribution in [0.4, 0.5) is 0 Å². The SMILES string of the molecule is CNC(=O)[C@@H](Cc1ccccc1)N(Cc1ccccc1)C(=O)Cc1ccccc1. The Balaban J connectivity index is 1.91. The fraction of sp³-hybridized carbons (Fsp3) is 0.200. The number of nitrogens with one attached hydrogen (secondary N) is 1. The summed E-state index contributed by atoms with van der Waals surface area (Å²) in [6.07, 6.45) is 0.726. The smallest absolute Gasteiger partial charge is 0.242 e. The van der Waals surface area contributed by atoms with E-state index in [1.807, 2.05) is 91.0 Å². The average Bonchev–Trinajstić information content (AvgIpc) is 2.77. The van der Waals surface area contributed by atoms with Gasteiger partial charge in [0.25, 0.3) is 0 Å². The Hall–Kier alpha value is -3.40. The molecule has 0 saturated heterocycles. The van der Waals surface area contributed by atoms with Crippen molar-refractivity contribution >= 4 is 11.8 Å². The highest BCUT2D eigenvalue weighted by molar-refractivity contribution is 5.88. The molecule has 0 bridgehead atoms. The number of hydrogen-bond acceptors (Lipinski definition) is 2. The van der Waals surface area contributed by atoms with Crippen LogP contribution in [0.3, 0.4) is 0 Å². The quantitative estimate of drug-likeness (QED) is 0.643. The van der Waals surface area contributed by atoms with Gasteiger partial charge in [0.1, 0.15) is 6.04 Å². The third kappa shape index (κ3) is 5.79. The van der Waals surface area contributed by atoms with E-state index in [0.29, 0.717) is 13.0 Å². The lowest BCUT2D eigenvalue weighted by Gasteiger charge is -2.31. The van der Waals surface area contributed by atoms with Gasteiger partial charge in [-0.1, -0.05) is 91.0 Å². The Morgan fingerprint density at radius 2 is 1.24 bits per heavy atom. The van der Waals surface area contributed by atoms with Crippen molar-refractivity contribution in [3.63, 3.8) is 0 Å². The van der Waals surface area contributed by atoms with E-state index in [-0.39, 0.29) is 18.2 Å². The molecule has 0 aliphatic heterocycles. The molecule has 0 spiro atoms. The van der Waals surface area contributed by atoms with Gasteiger partial charge in [-0.05, 0) is 16.7 Å². The third-order valence-corrected chi connectivity index (χ3v) is 4.91. The lowest BCUT2D eigenvalue weighted by atomic mass is 10.0. The predicted molar refractivity (Wildman–Crippen MR) is 115 cm³/mol. The molecule has 0 aromatic heterocycles. The van der Waals surface area contributed by atoms with Crippen LogP contribution in [0, 0.1) is 0 Å². The molecule has 4 nitrogen and oxygen atoms in total. The number of benzene rings is 3. The largest absolute Gasteiger partial charge is 0.357 e. The van der Waals surface area contributed by atoms with Crippen molar-refractivity contribution < 1.29 is 9.59 Å². The Bertz CT molecular complexity index is 911. The Kier molecular flexibility index (Phi) is 7.17. The molecule has 1 N–H and O–H groups in total. The Morgan fingerprint density at radius 3 is 1.76 bits per heavy atom. The van der Waals surface area contributed by atoms with Gasteiger partial charge in [-0.25, -0.2) is 0 Å². The summed E-state index contributed by atoms with van der Waals surface area (Å²) in [5.74, 6) is -0.226. The molecule has 0 heterocycles. The van der Waals surface area contributed by atoms with Crippen LogP contribution in [0.2, 0.25) is 0 Å². The van der Waals surface area contributed by atoms with Gasteiger partial charge >= 0.3 is 0 Å². The first-order valence-corrected chi connectivity index (χ1v) is 9.80. The molecule has 0 saturated carbocycles. The van der Waals surface area contributed by atoms with Crippen molar-refractivity contribution in [2.75, 3.05) is 7.05 Å². The van der Waals surface area contributed by atoms with E-state index < -0.39 is 6.04 Å². The summed E-state index contributed by atoms with van der Waals surface area (Å²) in [6, 6.07) is 28.7. The van der Waals surface area contributed by atoms with Crippen molar-refractivity contribution in [1.29, 1.82) is 0 Å². The number of carbonyl (C=O) groups excluding carboxylic acids is 2. The summed E-state index contributed by atoms with van der Waals surface area (Å²) in [5.41, 5.74) is 2.95. The van der Waals surface area contributed by atoms with E-state index in [0.717, 1.165) is 16.7 Å². The standard InChI is InChI=1S/C25H26N2O2/c1-26-25(29)23(17-20-11-5-2-6-12-20)27(19-22-15-9-4-10-16-22)24(28)18-21-13-7-3-8-14-21/h2-16,23H,17-19H2,1H3,(H,26,29)/t23-/m1/s1. The van der Waals surface area contributed by atoms with Gasteiger partial charge in [0.05, 0.1) is 6.42 Å². The first-order chi connectivity index (χ1) is 14.2. The highest BCUT2D eigenvalue weighted by atomic mass is 16.2. The van der Waals surface area contributed by atoms with Crippen molar-refractivity contribution in [3.8, 4) is 0 Å². The second-order valence-electron chi connectivity index (χ2n) is 6.99. The van der Waals surface area contributed by atoms with E-state index >= 15 is 0 Å². The highest BCUT2D eigenvalue weighted by Gasteiger charge is 2.29. The zero-order valence-corrected chi connectivity index (χ0v) is 16.6. The second kappa shape index (κ2) is 10.2. The Morgan fingerprint density at radius 1 is 0.759 bits per heavy atom. The minimum Gasteiger partial charge on any atom is -0.357 e. The van der Waals surface area contributed by atoms with Crippen LogP contribution in [-0.2, 0) is 29.0 Å². The monoisotopic (exact) mass is 386 g/mol. The summed E-state index contributed by atoms with van der Waals surface area (Å²) in [6.45, 7) is 0.386. The van der Waals surface area contributed by atoms with Crippen molar-refractivity contribution in [3.05, 3.63) is 108 Å². The number of nitrogens with zero attached hydrogens (tertiary/aromatic N) is 1. The second-order valence-corrected chi connectivity index (χ2v) is 6.99. The molecule has 2 amide bonds. The zero-order valence-electron chi connectivity index (χ0n) is 16.6. The van der Waals surface area contributed by atoms with Crippen molar-refractivity contribution in [1.82, 2.24) is 10.2 Å². The van der Waals surface area contributed by atoms with Gasteiger partial charge < -0.3 is 10.2 Å². The van der Waals surface area contributed by atoms with E-state index in [9.17, 15) is 9.59 Å². The Labute approximate surface area is 172 Å². The fourth-order valence-corrected chi connectivity index (χ4v) is 3.37. The van der Waals surface area contributed by atoms with Gasteiger partial charge in [-0.15, -0.1) is 0 Å². The van der Waals surface area contributed by atoms with Crippen molar-refractivity contribution in [2.45, 2.75) is 25.4 Å². The molecule has 1 atom stereocenters. The first-order valence-electron chi connectivity index (χ1n) is 9.80. The maximum Gasteiger partial charge on any atom is 0.242 e. The summed E-state index contributed by atoms with van der Waals surface area (Å²) < 4.78 is 0. The van der Waals surface area contributed by atoms with Crippen LogP contribution in [0.5, 0.6) is 0 Å². The van der Waals surface area contributed by atoms with E-state index in [1.165, 1.54) is 0 Å². The van der Waals surface area contributed by atoms with Crippen LogP contribution >= 0.6 is 0 Å². The molecular formula is C25H26N2O2. The fourth-order valence-electron chi connectivity index (χ4n) is 3.37. The molecule has 148 valence electrons. The van der Waals surface area contributed by atoms with Crippen molar-refractivity contribution in [2.24, 2.45) is 0 Å². The minimum absolute atomic E-state index is 0.0652. The summed E-state index contributed by atoms with van der Waals surface area (Å²) in [5, 5.41) is 2.74. The van der Waals surface area contributed by atoms with E-state index in [1.54, 1.807) is 11.9 Å². The van der Waals surface area contributed by atoms with Gasteiger partial charge in [-0.3, -0.25) is 9.59 Å². The van der Waals surface area contributed by atoms with Gasteiger partial charge in [0, 0.05) is 20.0 Å². The van der Waals surface area contributed by atoms with Crippen LogP contribution in [0.15, 0.2) is 91.0 Å². The van der Waals surface area contributed by atoms with Crippen LogP contribution in [0.25, 0.3) is 0 Å². The van der Waals surface area contributed by atoms with Gasteiger partial charge in [-0.2, -0.15) is 0 Å². The van der Waals surface area contributed by atoms with E-state index in [2.05, 4.69) is 5.32 Å². The number of amides is 2. The molecule has 3 rings (SSSR count). The molecule has 3 aromatic carbocycles. The maximum absolute atomic E-state index is 13.3. The number of rotatable bonds is 8. The molecule has 0 fully saturated rings. The summed E-state index contributed by atoms with van der Waals surface area (Å²) in [7, 11) is 1.61. The highest BCUT2D eigenvalue weighted by Crippen LogP contribution is 2.16. The summed E-state index contributed by atoms with van der Waals surface area (Å²) >= 11 is 0. The average molecular weight is 386 g/mol. The molecule has 0 aliphatic rings. The topological polar surface area (TPSA) is 49.4 Å². The normalized spacial score (nSPS) is 11.5. The molecular weight excluding hydrogens is 360 g/mol. The number of carbonyl (C=O) groups is 2. The molecule has 29 heavy (non-hydrogen) atoms. The van der Waals surface area contributed by atoms with Crippen LogP contribution < -0.4 is 5.32 Å². The molecule has 4 heteroatoms.